The largest absolute Gasteiger partial charge is 0.417 e. The number of methoxy groups -OCH3 is 1. The van der Waals surface area contributed by atoms with E-state index in [0.717, 1.165) is 73.4 Å². The zero-order valence-electron chi connectivity index (χ0n) is 68.5. The molecule has 33 nitrogen and oxygen atoms in total. The first kappa shape index (κ1) is 98.4. The minimum Gasteiger partial charge on any atom is -0.380 e. The molecule has 0 aliphatic heterocycles. The van der Waals surface area contributed by atoms with Crippen LogP contribution >= 0.6 is 46.4 Å². The number of anilines is 4. The Morgan fingerprint density at radius 3 is 1.00 bits per heavy atom. The first-order valence-electron chi connectivity index (χ1n) is 37.6. The fraction of sp³-hybridized carbons (Fsp3) is 0.122. The molecule has 698 valence electrons. The number of nitrogens with one attached hydrogen (secondary N) is 8. The van der Waals surface area contributed by atoms with E-state index in [2.05, 4.69) is 98.6 Å². The van der Waals surface area contributed by atoms with Crippen molar-refractivity contribution < 1.29 is 110 Å². The second-order valence-electron chi connectivity index (χ2n) is 28.4. The van der Waals surface area contributed by atoms with Gasteiger partial charge in [0.05, 0.1) is 91.3 Å². The molecular weight excluding hydrogens is 1970 g/mol. The zero-order valence-corrected chi connectivity index (χ0v) is 74.7. The Balaban J connectivity index is 0.000000152. The van der Waals surface area contributed by atoms with Crippen molar-refractivity contribution in [2.45, 2.75) is 78.6 Å². The standard InChI is InChI=1S/C21H15ClF3N5O4S.C21H15ClF3N5O3S.C21H16F3N5O3S.C19H10Cl2F3N5O3S/c1-34-9-11-6-16(30-35(32,33)12-2-3-15(22)14(7-12)21(23,24)25)18(27-8-11)19(31)17-13-4-5-26-20(13)29-10-28-17;1-10-7-16(30-34(32,33)12-3-4-15(22)14(8-12)21(23,24)25)18(27-9-10)19(31)17-13-5-6-26-20(13)29-11(2)28-17;1-11-7-16(29-33(31,32)13-4-3-12(2)15(8-13)21(22,23)24)18(26-9-11)19(30)17-14-5-6-25-20(14)28-10-27-17;20-9-5-14(29-33(31,32)10-1-2-13(21)12(6-10)19(22,23)24)16(26-7-9)17(30)15-11-3-4-25-18(11)28-8-27-15/h2-8,10,30H,9H2,1H3,(H,26,28,29);3-9,30H,1-2H3,(H,26,28,29);3-10,29H,1-2H3,(H,25,27,28);1-8,29H,(H,25,27,28). The summed E-state index contributed by atoms with van der Waals surface area (Å²) in [6, 6.07) is 20.5. The van der Waals surface area contributed by atoms with E-state index in [1.807, 2.05) is 0 Å². The van der Waals surface area contributed by atoms with Crippen molar-refractivity contribution in [2.75, 3.05) is 26.0 Å². The summed E-state index contributed by atoms with van der Waals surface area (Å²) in [6.45, 7) is 6.09. The smallest absolute Gasteiger partial charge is 0.380 e. The molecular formula is C82H56Cl4F12N20O13S4. The van der Waals surface area contributed by atoms with Gasteiger partial charge >= 0.3 is 24.7 Å². The number of carbonyl (C=O) groups excluding carboxylic acids is 4. The number of benzene rings is 4. The van der Waals surface area contributed by atoms with E-state index in [1.54, 1.807) is 63.6 Å². The van der Waals surface area contributed by atoms with Gasteiger partial charge in [0.1, 0.15) is 92.9 Å². The number of H-pyrrole nitrogens is 4. The molecule has 135 heavy (non-hydrogen) atoms. The number of halogens is 16. The monoisotopic (exact) mass is 2020 g/mol. The van der Waals surface area contributed by atoms with Crippen LogP contribution in [0.3, 0.4) is 0 Å². The Labute approximate surface area is 772 Å². The minimum absolute atomic E-state index is 0.00672. The molecule has 53 heteroatoms. The molecule has 12 aromatic heterocycles. The molecule has 0 saturated heterocycles. The minimum atomic E-state index is -4.88. The van der Waals surface area contributed by atoms with Crippen molar-refractivity contribution in [1.29, 1.82) is 0 Å². The number of sulfonamides is 4. The summed E-state index contributed by atoms with van der Waals surface area (Å²) in [5.74, 6) is -2.57. The van der Waals surface area contributed by atoms with Crippen molar-refractivity contribution in [3.8, 4) is 0 Å². The van der Waals surface area contributed by atoms with Crippen LogP contribution < -0.4 is 18.9 Å². The normalized spacial score (nSPS) is 12.2. The third kappa shape index (κ3) is 22.1. The number of rotatable bonds is 22. The van der Waals surface area contributed by atoms with Crippen LogP contribution in [-0.2, 0) is 76.1 Å². The quantitative estimate of drug-likeness (QED) is 0.0231. The topological polar surface area (TPSA) is 480 Å². The number of alkyl halides is 12. The molecule has 0 unspecified atom stereocenters. The number of aromatic amines is 4. The third-order valence-electron chi connectivity index (χ3n) is 18.9. The lowest BCUT2D eigenvalue weighted by Gasteiger charge is -2.15. The lowest BCUT2D eigenvalue weighted by atomic mass is 10.1. The first-order valence-corrected chi connectivity index (χ1v) is 45.1. The molecule has 0 radical (unpaired) electrons. The molecule has 4 aromatic carbocycles. The lowest BCUT2D eigenvalue weighted by molar-refractivity contribution is -0.138. The number of fused-ring (bicyclic) bond motifs is 4. The molecule has 0 amide bonds. The van der Waals surface area contributed by atoms with E-state index in [1.165, 1.54) is 63.3 Å². The SMILES string of the molecule is COCc1cnc(C(=O)c2ncnc3[nH]ccc23)c(NS(=O)(=O)c2ccc(Cl)c(C(F)(F)F)c2)c1.Cc1cnc(C(=O)c2nc(C)nc3[nH]ccc23)c(NS(=O)(=O)c2ccc(Cl)c(C(F)(F)F)c2)c1.Cc1cnc(C(=O)c2ncnc3[nH]ccc23)c(NS(=O)(=O)c2ccc(C)c(C(F)(F)F)c2)c1.O=C(c1ncc(Cl)cc1NS(=O)(=O)c1ccc(Cl)c(C(F)(F)F)c1)c1ncnc2[nH]ccc12. The second-order valence-corrected chi connectivity index (χ2v) is 36.8. The molecule has 16 rings (SSSR count). The lowest BCUT2D eigenvalue weighted by Crippen LogP contribution is -2.19. The Bertz CT molecular complexity index is 7710. The Hall–Kier alpha value is -14.1. The molecule has 12 heterocycles. The summed E-state index contributed by atoms with van der Waals surface area (Å²) in [4.78, 5) is 110. The van der Waals surface area contributed by atoms with Gasteiger partial charge in [-0.25, -0.2) is 78.5 Å². The van der Waals surface area contributed by atoms with Crippen LogP contribution in [0.2, 0.25) is 20.1 Å². The van der Waals surface area contributed by atoms with Crippen LogP contribution in [0.15, 0.2) is 209 Å². The number of hydrogen-bond acceptors (Lipinski definition) is 25. The van der Waals surface area contributed by atoms with Crippen molar-refractivity contribution in [1.82, 2.24) is 79.7 Å². The highest BCUT2D eigenvalue weighted by Gasteiger charge is 2.40. The number of ether oxygens (including phenoxy) is 1. The highest BCUT2D eigenvalue weighted by molar-refractivity contribution is 7.93. The van der Waals surface area contributed by atoms with E-state index < -0.39 is 145 Å². The number of nitrogens with zero attached hydrogens (tertiary/aromatic N) is 12. The summed E-state index contributed by atoms with van der Waals surface area (Å²) >= 11 is 22.7. The Morgan fingerprint density at radius 2 is 0.644 bits per heavy atom. The van der Waals surface area contributed by atoms with Gasteiger partial charge in [-0.15, -0.1) is 0 Å². The summed E-state index contributed by atoms with van der Waals surface area (Å²) in [5.41, 5.74) is -4.51. The molecule has 0 spiro atoms. The van der Waals surface area contributed by atoms with Crippen LogP contribution in [0, 0.1) is 27.7 Å². The first-order chi connectivity index (χ1) is 63.3. The fourth-order valence-corrected chi connectivity index (χ4v) is 17.9. The van der Waals surface area contributed by atoms with Crippen molar-refractivity contribution in [3.63, 3.8) is 0 Å². The van der Waals surface area contributed by atoms with Crippen LogP contribution in [0.1, 0.15) is 115 Å². The maximum Gasteiger partial charge on any atom is 0.417 e. The van der Waals surface area contributed by atoms with Gasteiger partial charge in [-0.05, 0) is 165 Å². The van der Waals surface area contributed by atoms with Crippen molar-refractivity contribution in [2.24, 2.45) is 0 Å². The van der Waals surface area contributed by atoms with Gasteiger partial charge in [0.25, 0.3) is 40.1 Å². The predicted octanol–water partition coefficient (Wildman–Crippen LogP) is 17.6. The van der Waals surface area contributed by atoms with Crippen LogP contribution in [0.25, 0.3) is 44.1 Å². The molecule has 0 aliphatic carbocycles. The van der Waals surface area contributed by atoms with E-state index in [9.17, 15) is 106 Å². The van der Waals surface area contributed by atoms with E-state index in [4.69, 9.17) is 51.1 Å². The average Bonchev–Trinajstić information content (AvgIpc) is 1.62. The van der Waals surface area contributed by atoms with Crippen molar-refractivity contribution >= 4 is 177 Å². The molecule has 0 aliphatic rings. The Kier molecular flexibility index (Phi) is 28.1. The Morgan fingerprint density at radius 1 is 0.341 bits per heavy atom. The number of hydrogen-bond donors (Lipinski definition) is 8. The maximum absolute atomic E-state index is 13.3. The number of ketones is 4. The number of carbonyl (C=O) groups is 4. The van der Waals surface area contributed by atoms with E-state index >= 15 is 0 Å². The summed E-state index contributed by atoms with van der Waals surface area (Å²) in [7, 11) is -16.8. The maximum atomic E-state index is 13.3. The van der Waals surface area contributed by atoms with Gasteiger partial charge < -0.3 is 24.7 Å². The molecule has 0 atom stereocenters. The summed E-state index contributed by atoms with van der Waals surface area (Å²) in [6.07, 6.45) is -4.49. The second kappa shape index (κ2) is 38.5. The van der Waals surface area contributed by atoms with Crippen LogP contribution in [0.5, 0.6) is 0 Å². The molecule has 0 bridgehead atoms. The van der Waals surface area contributed by atoms with Gasteiger partial charge in [-0.1, -0.05) is 52.5 Å². The molecule has 0 saturated carbocycles. The van der Waals surface area contributed by atoms with Crippen LogP contribution in [-0.4, -0.2) is 144 Å². The predicted molar refractivity (Wildman–Crippen MR) is 465 cm³/mol. The molecule has 16 aromatic rings. The van der Waals surface area contributed by atoms with E-state index in [-0.39, 0.29) is 85.5 Å². The summed E-state index contributed by atoms with van der Waals surface area (Å²) < 4.78 is 276. The van der Waals surface area contributed by atoms with Gasteiger partial charge in [0, 0.05) is 78.2 Å². The highest BCUT2D eigenvalue weighted by atomic mass is 35.5. The molecule has 0 fully saturated rings. The summed E-state index contributed by atoms with van der Waals surface area (Å²) in [5, 5.41) is -0.440. The number of aryl methyl sites for hydroxylation is 4. The van der Waals surface area contributed by atoms with Crippen molar-refractivity contribution in [3.05, 3.63) is 306 Å². The van der Waals surface area contributed by atoms with Gasteiger partial charge in [-0.3, -0.25) is 53.0 Å². The van der Waals surface area contributed by atoms with Gasteiger partial charge in [0.2, 0.25) is 23.1 Å². The average molecular weight is 2030 g/mol. The fourth-order valence-electron chi connectivity index (χ4n) is 12.8. The molecule has 8 N–H and O–H groups in total. The zero-order chi connectivity index (χ0) is 98.1. The van der Waals surface area contributed by atoms with Crippen LogP contribution in [0.4, 0.5) is 75.4 Å². The van der Waals surface area contributed by atoms with Gasteiger partial charge in [-0.2, -0.15) is 52.7 Å². The number of pyridine rings is 4. The van der Waals surface area contributed by atoms with E-state index in [0.29, 0.717) is 90.9 Å². The van der Waals surface area contributed by atoms with Gasteiger partial charge in [0.15, 0.2) is 0 Å². The third-order valence-corrected chi connectivity index (χ3v) is 25.6. The number of aromatic nitrogens is 16. The highest BCUT2D eigenvalue weighted by Crippen LogP contribution is 2.42.